The molecule has 0 saturated heterocycles. The van der Waals surface area contributed by atoms with Crippen molar-refractivity contribution < 1.29 is 8.78 Å². The summed E-state index contributed by atoms with van der Waals surface area (Å²) in [5.74, 6) is -0.522. The number of benzene rings is 2. The normalized spacial score (nSPS) is 12.4. The molecular formula is C15H13BrF2IN. The van der Waals surface area contributed by atoms with Gasteiger partial charge in [-0.05, 0) is 81.3 Å². The minimum atomic E-state index is -0.272. The molecule has 0 aromatic heterocycles. The molecule has 0 amide bonds. The summed E-state index contributed by atoms with van der Waals surface area (Å²) >= 11 is 5.39. The minimum absolute atomic E-state index is 0.000556. The Hall–Kier alpha value is -0.530. The highest BCUT2D eigenvalue weighted by molar-refractivity contribution is 14.1. The standard InChI is InChI=1S/C15H13BrF2IN/c1-20-14(11-6-5-10(17)8-13(11)19)7-9-3-2-4-12(18)15(9)16/h2-6,8,14,20H,7H2,1H3. The number of halogens is 4. The monoisotopic (exact) mass is 451 g/mol. The van der Waals surface area contributed by atoms with Gasteiger partial charge >= 0.3 is 0 Å². The summed E-state index contributed by atoms with van der Waals surface area (Å²) in [7, 11) is 1.84. The van der Waals surface area contributed by atoms with Gasteiger partial charge in [-0.15, -0.1) is 0 Å². The third kappa shape index (κ3) is 3.56. The zero-order chi connectivity index (χ0) is 14.7. The third-order valence-corrected chi connectivity index (χ3v) is 4.96. The van der Waals surface area contributed by atoms with Crippen LogP contribution in [0.25, 0.3) is 0 Å². The van der Waals surface area contributed by atoms with Crippen LogP contribution in [0.4, 0.5) is 8.78 Å². The fourth-order valence-corrected chi connectivity index (χ4v) is 3.36. The van der Waals surface area contributed by atoms with Gasteiger partial charge < -0.3 is 5.32 Å². The van der Waals surface area contributed by atoms with Crippen molar-refractivity contribution in [3.8, 4) is 0 Å². The number of hydrogen-bond donors (Lipinski definition) is 1. The fraction of sp³-hybridized carbons (Fsp3) is 0.200. The maximum absolute atomic E-state index is 13.5. The molecule has 0 aliphatic rings. The molecule has 2 aromatic rings. The fourth-order valence-electron chi connectivity index (χ4n) is 2.08. The predicted octanol–water partition coefficient (Wildman–Crippen LogP) is 4.84. The van der Waals surface area contributed by atoms with E-state index in [1.54, 1.807) is 12.1 Å². The Kier molecular flexibility index (Phi) is 5.51. The summed E-state index contributed by atoms with van der Waals surface area (Å²) in [5.41, 5.74) is 1.88. The van der Waals surface area contributed by atoms with E-state index in [1.165, 1.54) is 18.2 Å². The van der Waals surface area contributed by atoms with Gasteiger partial charge in [-0.1, -0.05) is 18.2 Å². The molecule has 106 valence electrons. The Morgan fingerprint density at radius 2 is 2.00 bits per heavy atom. The van der Waals surface area contributed by atoms with Crippen molar-refractivity contribution in [2.45, 2.75) is 12.5 Å². The van der Waals surface area contributed by atoms with Crippen LogP contribution >= 0.6 is 38.5 Å². The molecular weight excluding hydrogens is 439 g/mol. The lowest BCUT2D eigenvalue weighted by Crippen LogP contribution is -2.20. The van der Waals surface area contributed by atoms with Crippen LogP contribution in [0.3, 0.4) is 0 Å². The molecule has 0 radical (unpaired) electrons. The largest absolute Gasteiger partial charge is 0.313 e. The first-order chi connectivity index (χ1) is 9.52. The van der Waals surface area contributed by atoms with Crippen LogP contribution in [0.5, 0.6) is 0 Å². The van der Waals surface area contributed by atoms with Crippen molar-refractivity contribution in [2.24, 2.45) is 0 Å². The summed E-state index contributed by atoms with van der Waals surface area (Å²) in [4.78, 5) is 0. The Morgan fingerprint density at radius 1 is 1.25 bits per heavy atom. The van der Waals surface area contributed by atoms with E-state index < -0.39 is 0 Å². The topological polar surface area (TPSA) is 12.0 Å². The van der Waals surface area contributed by atoms with Gasteiger partial charge in [0.05, 0.1) is 4.47 Å². The molecule has 1 nitrogen and oxygen atoms in total. The molecule has 20 heavy (non-hydrogen) atoms. The Labute approximate surface area is 139 Å². The molecule has 5 heteroatoms. The maximum Gasteiger partial charge on any atom is 0.137 e. The van der Waals surface area contributed by atoms with E-state index in [1.807, 2.05) is 13.1 Å². The second-order valence-electron chi connectivity index (χ2n) is 4.42. The van der Waals surface area contributed by atoms with Gasteiger partial charge in [-0.3, -0.25) is 0 Å². The lowest BCUT2D eigenvalue weighted by atomic mass is 9.99. The first-order valence-electron chi connectivity index (χ1n) is 6.08. The Bertz CT molecular complexity index is 619. The molecule has 0 spiro atoms. The molecule has 2 aromatic carbocycles. The molecule has 0 fully saturated rings. The van der Waals surface area contributed by atoms with E-state index in [2.05, 4.69) is 43.8 Å². The zero-order valence-electron chi connectivity index (χ0n) is 10.8. The number of likely N-dealkylation sites (N-methyl/N-ethyl adjacent to an activating group) is 1. The van der Waals surface area contributed by atoms with Crippen LogP contribution in [-0.4, -0.2) is 7.05 Å². The van der Waals surface area contributed by atoms with Crippen LogP contribution in [-0.2, 0) is 6.42 Å². The summed E-state index contributed by atoms with van der Waals surface area (Å²) in [6, 6.07) is 9.71. The van der Waals surface area contributed by atoms with E-state index in [9.17, 15) is 8.78 Å². The quantitative estimate of drug-likeness (QED) is 0.656. The third-order valence-electron chi connectivity index (χ3n) is 3.14. The molecule has 2 rings (SSSR count). The van der Waals surface area contributed by atoms with Gasteiger partial charge in [0.25, 0.3) is 0 Å². The number of hydrogen-bond acceptors (Lipinski definition) is 1. The van der Waals surface area contributed by atoms with E-state index in [0.29, 0.717) is 10.9 Å². The molecule has 0 aliphatic heterocycles. The summed E-state index contributed by atoms with van der Waals surface area (Å²) in [5, 5.41) is 3.20. The maximum atomic E-state index is 13.5. The van der Waals surface area contributed by atoms with Crippen LogP contribution in [0.15, 0.2) is 40.9 Å². The Morgan fingerprint density at radius 3 is 2.65 bits per heavy atom. The highest BCUT2D eigenvalue weighted by Crippen LogP contribution is 2.28. The van der Waals surface area contributed by atoms with Crippen molar-refractivity contribution >= 4 is 38.5 Å². The van der Waals surface area contributed by atoms with Crippen LogP contribution in [0.2, 0.25) is 0 Å². The van der Waals surface area contributed by atoms with Crippen LogP contribution in [0.1, 0.15) is 17.2 Å². The average Bonchev–Trinajstić information content (AvgIpc) is 2.41. The molecule has 0 aliphatic carbocycles. The average molecular weight is 452 g/mol. The summed E-state index contributed by atoms with van der Waals surface area (Å²) in [6.07, 6.45) is 0.622. The molecule has 0 saturated carbocycles. The highest BCUT2D eigenvalue weighted by atomic mass is 127. The van der Waals surface area contributed by atoms with Crippen molar-refractivity contribution in [2.75, 3.05) is 7.05 Å². The minimum Gasteiger partial charge on any atom is -0.313 e. The number of nitrogens with one attached hydrogen (secondary N) is 1. The van der Waals surface area contributed by atoms with E-state index in [-0.39, 0.29) is 17.7 Å². The smallest absolute Gasteiger partial charge is 0.137 e. The van der Waals surface area contributed by atoms with Crippen molar-refractivity contribution in [1.29, 1.82) is 0 Å². The summed E-state index contributed by atoms with van der Waals surface area (Å²) in [6.45, 7) is 0. The first-order valence-corrected chi connectivity index (χ1v) is 7.95. The molecule has 0 heterocycles. The van der Waals surface area contributed by atoms with Crippen molar-refractivity contribution in [1.82, 2.24) is 5.32 Å². The SMILES string of the molecule is CNC(Cc1cccc(F)c1Br)c1ccc(F)cc1I. The molecule has 1 atom stereocenters. The van der Waals surface area contributed by atoms with E-state index in [0.717, 1.165) is 14.7 Å². The predicted molar refractivity (Wildman–Crippen MR) is 88.7 cm³/mol. The van der Waals surface area contributed by atoms with Crippen molar-refractivity contribution in [3.63, 3.8) is 0 Å². The van der Waals surface area contributed by atoms with Gasteiger partial charge in [0.1, 0.15) is 11.6 Å². The van der Waals surface area contributed by atoms with Gasteiger partial charge in [0.2, 0.25) is 0 Å². The highest BCUT2D eigenvalue weighted by Gasteiger charge is 2.16. The van der Waals surface area contributed by atoms with Gasteiger partial charge in [-0.25, -0.2) is 8.78 Å². The lowest BCUT2D eigenvalue weighted by Gasteiger charge is -2.19. The van der Waals surface area contributed by atoms with E-state index in [4.69, 9.17) is 0 Å². The summed E-state index contributed by atoms with van der Waals surface area (Å²) < 4.78 is 28.1. The molecule has 0 bridgehead atoms. The molecule has 1 N–H and O–H groups in total. The van der Waals surface area contributed by atoms with Gasteiger partial charge in [0, 0.05) is 9.61 Å². The van der Waals surface area contributed by atoms with Gasteiger partial charge in [-0.2, -0.15) is 0 Å². The molecule has 1 unspecified atom stereocenters. The van der Waals surface area contributed by atoms with Crippen molar-refractivity contribution in [3.05, 3.63) is 67.2 Å². The second-order valence-corrected chi connectivity index (χ2v) is 6.38. The lowest BCUT2D eigenvalue weighted by molar-refractivity contribution is 0.574. The van der Waals surface area contributed by atoms with Gasteiger partial charge in [0.15, 0.2) is 0 Å². The zero-order valence-corrected chi connectivity index (χ0v) is 14.5. The van der Waals surface area contributed by atoms with E-state index >= 15 is 0 Å². The second kappa shape index (κ2) is 6.95. The van der Waals surface area contributed by atoms with Crippen LogP contribution in [0, 0.1) is 15.2 Å². The Balaban J connectivity index is 2.31. The first kappa shape index (κ1) is 15.9. The number of rotatable bonds is 4. The van der Waals surface area contributed by atoms with Crippen LogP contribution < -0.4 is 5.32 Å².